The number of hydrogen-bond acceptors (Lipinski definition) is 8. The van der Waals surface area contributed by atoms with Crippen molar-refractivity contribution < 1.29 is 24.0 Å². The lowest BCUT2D eigenvalue weighted by Gasteiger charge is -2.19. The molecule has 2 aromatic rings. The van der Waals surface area contributed by atoms with E-state index in [2.05, 4.69) is 9.88 Å². The summed E-state index contributed by atoms with van der Waals surface area (Å²) in [7, 11) is 1.23. The van der Waals surface area contributed by atoms with Gasteiger partial charge in [0.25, 0.3) is 5.69 Å². The predicted octanol–water partition coefficient (Wildman–Crippen LogP) is 3.48. The fraction of sp³-hybridized carbons (Fsp3) is 0.435. The van der Waals surface area contributed by atoms with Gasteiger partial charge in [0, 0.05) is 24.6 Å². The van der Waals surface area contributed by atoms with Gasteiger partial charge in [-0.1, -0.05) is 32.0 Å². The molecule has 1 aromatic carbocycles. The standard InChI is InChI=1S/C23H29N3O6/c1-6-25(7-2)12-13-32-23(28)21-16(4)24-15(3)20(22(27)31-5)18(21)14-17-10-8-9-11-19(17)26(29)30/h8-11H,6-7,12-14H2,1-5H3. The van der Waals surface area contributed by atoms with Crippen molar-refractivity contribution >= 4 is 17.6 Å². The Bertz CT molecular complexity index is 1000. The van der Waals surface area contributed by atoms with Crippen LogP contribution in [0.3, 0.4) is 0 Å². The number of nitrogens with zero attached hydrogens (tertiary/aromatic N) is 3. The SMILES string of the molecule is CCN(CC)CCOC(=O)c1c(C)nc(C)c(C(=O)OC)c1Cc1ccccc1[N+](=O)[O-]. The molecule has 172 valence electrons. The lowest BCUT2D eigenvalue weighted by atomic mass is 9.92. The fourth-order valence-corrected chi connectivity index (χ4v) is 3.65. The number of methoxy groups -OCH3 is 1. The van der Waals surface area contributed by atoms with Crippen molar-refractivity contribution in [1.82, 2.24) is 9.88 Å². The van der Waals surface area contributed by atoms with Crippen molar-refractivity contribution in [3.05, 3.63) is 68.0 Å². The number of carbonyl (C=O) groups excluding carboxylic acids is 2. The first kappa shape index (κ1) is 24.9. The van der Waals surface area contributed by atoms with E-state index in [1.165, 1.54) is 13.2 Å². The highest BCUT2D eigenvalue weighted by molar-refractivity contribution is 5.99. The van der Waals surface area contributed by atoms with Gasteiger partial charge in [-0.25, -0.2) is 9.59 Å². The Hall–Kier alpha value is -3.33. The minimum Gasteiger partial charge on any atom is -0.465 e. The molecule has 0 saturated heterocycles. The fourth-order valence-electron chi connectivity index (χ4n) is 3.65. The molecule has 0 amide bonds. The van der Waals surface area contributed by atoms with Crippen LogP contribution < -0.4 is 0 Å². The van der Waals surface area contributed by atoms with Crippen molar-refractivity contribution in [3.63, 3.8) is 0 Å². The van der Waals surface area contributed by atoms with Gasteiger partial charge in [-0.3, -0.25) is 15.1 Å². The van der Waals surface area contributed by atoms with E-state index in [0.717, 1.165) is 13.1 Å². The van der Waals surface area contributed by atoms with Gasteiger partial charge in [-0.15, -0.1) is 0 Å². The summed E-state index contributed by atoms with van der Waals surface area (Å²) < 4.78 is 10.4. The van der Waals surface area contributed by atoms with Gasteiger partial charge in [0.05, 0.1) is 34.5 Å². The highest BCUT2D eigenvalue weighted by atomic mass is 16.6. The van der Waals surface area contributed by atoms with E-state index in [-0.39, 0.29) is 29.8 Å². The van der Waals surface area contributed by atoms with E-state index in [0.29, 0.717) is 29.1 Å². The zero-order valence-electron chi connectivity index (χ0n) is 19.1. The van der Waals surface area contributed by atoms with Crippen LogP contribution in [0.1, 0.15) is 57.1 Å². The Morgan fingerprint density at radius 2 is 1.66 bits per heavy atom. The average molecular weight is 444 g/mol. The molecule has 0 aliphatic rings. The van der Waals surface area contributed by atoms with Crippen molar-refractivity contribution in [3.8, 4) is 0 Å². The Morgan fingerprint density at radius 1 is 1.06 bits per heavy atom. The number of ether oxygens (including phenoxy) is 2. The van der Waals surface area contributed by atoms with Crippen LogP contribution in [0, 0.1) is 24.0 Å². The molecule has 2 rings (SSSR count). The molecule has 0 spiro atoms. The molecule has 1 aromatic heterocycles. The molecule has 9 heteroatoms. The number of rotatable bonds is 10. The van der Waals surface area contributed by atoms with Crippen LogP contribution in [0.25, 0.3) is 0 Å². The van der Waals surface area contributed by atoms with Crippen molar-refractivity contribution in [1.29, 1.82) is 0 Å². The van der Waals surface area contributed by atoms with Crippen LogP contribution in [0.4, 0.5) is 5.69 Å². The Balaban J connectivity index is 2.55. The topological polar surface area (TPSA) is 112 Å². The molecule has 0 atom stereocenters. The molecule has 0 aliphatic heterocycles. The van der Waals surface area contributed by atoms with E-state index < -0.39 is 16.9 Å². The Labute approximate surface area is 187 Å². The minimum atomic E-state index is -0.666. The third-order valence-electron chi connectivity index (χ3n) is 5.35. The van der Waals surface area contributed by atoms with Crippen molar-refractivity contribution in [2.75, 3.05) is 33.4 Å². The maximum Gasteiger partial charge on any atom is 0.340 e. The molecule has 0 radical (unpaired) electrons. The number of hydrogen-bond donors (Lipinski definition) is 0. The molecule has 32 heavy (non-hydrogen) atoms. The van der Waals surface area contributed by atoms with Crippen LogP contribution in [0.5, 0.6) is 0 Å². The number of aromatic nitrogens is 1. The highest BCUT2D eigenvalue weighted by Gasteiger charge is 2.28. The minimum absolute atomic E-state index is 0.0216. The summed E-state index contributed by atoms with van der Waals surface area (Å²) in [5.74, 6) is -1.29. The number of esters is 2. The third kappa shape index (κ3) is 5.67. The van der Waals surface area contributed by atoms with E-state index in [1.54, 1.807) is 32.0 Å². The van der Waals surface area contributed by atoms with Gasteiger partial charge in [0.2, 0.25) is 0 Å². The molecular formula is C23H29N3O6. The van der Waals surface area contributed by atoms with Gasteiger partial charge >= 0.3 is 11.9 Å². The first-order valence-electron chi connectivity index (χ1n) is 10.4. The number of nitro benzene ring substituents is 1. The highest BCUT2D eigenvalue weighted by Crippen LogP contribution is 2.28. The maximum absolute atomic E-state index is 13.1. The first-order valence-corrected chi connectivity index (χ1v) is 10.4. The average Bonchev–Trinajstić information content (AvgIpc) is 2.76. The molecular weight excluding hydrogens is 414 g/mol. The zero-order chi connectivity index (χ0) is 23.8. The molecule has 1 heterocycles. The lowest BCUT2D eigenvalue weighted by Crippen LogP contribution is -2.28. The van der Waals surface area contributed by atoms with Crippen LogP contribution in [-0.2, 0) is 15.9 Å². The van der Waals surface area contributed by atoms with Crippen LogP contribution in [0.2, 0.25) is 0 Å². The first-order chi connectivity index (χ1) is 15.2. The summed E-state index contributed by atoms with van der Waals surface area (Å²) in [6.07, 6.45) is -0.0216. The molecule has 0 bridgehead atoms. The monoisotopic (exact) mass is 443 g/mol. The number of pyridine rings is 1. The van der Waals surface area contributed by atoms with Crippen LogP contribution >= 0.6 is 0 Å². The predicted molar refractivity (Wildman–Crippen MR) is 119 cm³/mol. The summed E-state index contributed by atoms with van der Waals surface area (Å²) in [5.41, 5.74) is 1.59. The second-order valence-electron chi connectivity index (χ2n) is 7.23. The number of nitro groups is 1. The largest absolute Gasteiger partial charge is 0.465 e. The Morgan fingerprint density at radius 3 is 2.22 bits per heavy atom. The molecule has 0 fully saturated rings. The summed E-state index contributed by atoms with van der Waals surface area (Å²) in [6, 6.07) is 6.22. The van der Waals surface area contributed by atoms with E-state index in [1.807, 2.05) is 13.8 Å². The molecule has 9 nitrogen and oxygen atoms in total. The number of aryl methyl sites for hydroxylation is 2. The lowest BCUT2D eigenvalue weighted by molar-refractivity contribution is -0.385. The van der Waals surface area contributed by atoms with Gasteiger partial charge < -0.3 is 14.4 Å². The normalized spacial score (nSPS) is 10.8. The second-order valence-corrected chi connectivity index (χ2v) is 7.23. The Kier molecular flexibility index (Phi) is 8.83. The summed E-state index contributed by atoms with van der Waals surface area (Å²) in [6.45, 7) is 9.73. The summed E-state index contributed by atoms with van der Waals surface area (Å²) in [5, 5.41) is 11.5. The van der Waals surface area contributed by atoms with Crippen molar-refractivity contribution in [2.24, 2.45) is 0 Å². The molecule has 0 N–H and O–H groups in total. The number of likely N-dealkylation sites (N-methyl/N-ethyl adjacent to an activating group) is 1. The van der Waals surface area contributed by atoms with Crippen LogP contribution in [-0.4, -0.2) is 60.1 Å². The van der Waals surface area contributed by atoms with Crippen LogP contribution in [0.15, 0.2) is 24.3 Å². The van der Waals surface area contributed by atoms with Gasteiger partial charge in [0.15, 0.2) is 0 Å². The molecule has 0 unspecified atom stereocenters. The zero-order valence-corrected chi connectivity index (χ0v) is 19.1. The summed E-state index contributed by atoms with van der Waals surface area (Å²) in [4.78, 5) is 43.1. The number of benzene rings is 1. The molecule has 0 aliphatic carbocycles. The number of carbonyl (C=O) groups is 2. The van der Waals surface area contributed by atoms with Gasteiger partial charge in [-0.2, -0.15) is 0 Å². The van der Waals surface area contributed by atoms with Gasteiger partial charge in [-0.05, 0) is 32.5 Å². The quantitative estimate of drug-likeness (QED) is 0.312. The second kappa shape index (κ2) is 11.3. The molecule has 0 saturated carbocycles. The van der Waals surface area contributed by atoms with E-state index >= 15 is 0 Å². The smallest absolute Gasteiger partial charge is 0.340 e. The maximum atomic E-state index is 13.1. The van der Waals surface area contributed by atoms with E-state index in [9.17, 15) is 19.7 Å². The van der Waals surface area contributed by atoms with Gasteiger partial charge in [0.1, 0.15) is 6.61 Å². The third-order valence-corrected chi connectivity index (χ3v) is 5.35. The number of para-hydroxylation sites is 1. The van der Waals surface area contributed by atoms with E-state index in [4.69, 9.17) is 9.47 Å². The van der Waals surface area contributed by atoms with Crippen molar-refractivity contribution in [2.45, 2.75) is 34.1 Å². The summed E-state index contributed by atoms with van der Waals surface area (Å²) >= 11 is 0.